The summed E-state index contributed by atoms with van der Waals surface area (Å²) < 4.78 is 7.72. The molecular weight excluding hydrogens is 338 g/mol. The average Bonchev–Trinajstić information content (AvgIpc) is 3.32. The summed E-state index contributed by atoms with van der Waals surface area (Å²) in [5, 5.41) is 3.04. The SMILES string of the molecule is C=C1C(c2coc3ccccc23)=C(c2cn(C)c3ccccc23)C(=O)N1N. The average molecular weight is 355 g/mol. The monoisotopic (exact) mass is 355 g/mol. The molecule has 2 N–H and O–H groups in total. The molecule has 0 saturated carbocycles. The fraction of sp³-hybridized carbons (Fsp3) is 0.0455. The van der Waals surface area contributed by atoms with Gasteiger partial charge in [0.05, 0.1) is 17.5 Å². The number of carbonyl (C=O) groups is 1. The third-order valence-corrected chi connectivity index (χ3v) is 5.18. The Morgan fingerprint density at radius 1 is 0.963 bits per heavy atom. The van der Waals surface area contributed by atoms with Crippen molar-refractivity contribution in [1.82, 2.24) is 9.58 Å². The number of nitrogens with zero attached hydrogens (tertiary/aromatic N) is 2. The molecule has 2 aromatic heterocycles. The van der Waals surface area contributed by atoms with Crippen LogP contribution in [-0.2, 0) is 11.8 Å². The Bertz CT molecular complexity index is 1290. The second-order valence-electron chi connectivity index (χ2n) is 6.69. The molecule has 1 aliphatic heterocycles. The lowest BCUT2D eigenvalue weighted by Gasteiger charge is -2.10. The van der Waals surface area contributed by atoms with Crippen LogP contribution in [-0.4, -0.2) is 15.5 Å². The Morgan fingerprint density at radius 2 is 1.67 bits per heavy atom. The fourth-order valence-electron chi connectivity index (χ4n) is 3.87. The Balaban J connectivity index is 1.88. The third kappa shape index (κ3) is 2.06. The molecule has 0 radical (unpaired) electrons. The maximum absolute atomic E-state index is 13.1. The topological polar surface area (TPSA) is 64.4 Å². The third-order valence-electron chi connectivity index (χ3n) is 5.18. The van der Waals surface area contributed by atoms with Crippen LogP contribution in [0, 0.1) is 0 Å². The van der Waals surface area contributed by atoms with Crippen LogP contribution in [0.1, 0.15) is 11.1 Å². The van der Waals surface area contributed by atoms with Crippen LogP contribution in [0.5, 0.6) is 0 Å². The molecule has 0 atom stereocenters. The van der Waals surface area contributed by atoms with E-state index in [4.69, 9.17) is 10.3 Å². The van der Waals surface area contributed by atoms with Crippen molar-refractivity contribution >= 4 is 38.9 Å². The lowest BCUT2D eigenvalue weighted by Crippen LogP contribution is -2.31. The van der Waals surface area contributed by atoms with Crippen molar-refractivity contribution in [3.05, 3.63) is 84.4 Å². The number of aryl methyl sites for hydroxylation is 1. The number of hydrogen-bond acceptors (Lipinski definition) is 3. The first-order chi connectivity index (χ1) is 13.1. The summed E-state index contributed by atoms with van der Waals surface area (Å²) in [6, 6.07) is 15.7. The predicted molar refractivity (Wildman–Crippen MR) is 106 cm³/mol. The first-order valence-corrected chi connectivity index (χ1v) is 8.61. The number of nitrogens with two attached hydrogens (primary N) is 1. The molecule has 1 amide bonds. The van der Waals surface area contributed by atoms with Crippen LogP contribution in [0.15, 0.2) is 77.7 Å². The number of carbonyl (C=O) groups excluding carboxylic acids is 1. The van der Waals surface area contributed by atoms with Crippen molar-refractivity contribution < 1.29 is 9.21 Å². The van der Waals surface area contributed by atoms with E-state index in [1.54, 1.807) is 6.26 Å². The molecule has 0 fully saturated rings. The summed E-state index contributed by atoms with van der Waals surface area (Å²) in [5.41, 5.74) is 5.19. The summed E-state index contributed by atoms with van der Waals surface area (Å²) in [5.74, 6) is 5.78. The van der Waals surface area contributed by atoms with E-state index in [2.05, 4.69) is 6.58 Å². The quantitative estimate of drug-likeness (QED) is 0.435. The number of aromatic nitrogens is 1. The van der Waals surface area contributed by atoms with Gasteiger partial charge in [-0.15, -0.1) is 0 Å². The van der Waals surface area contributed by atoms with Crippen LogP contribution >= 0.6 is 0 Å². The van der Waals surface area contributed by atoms with Crippen LogP contribution in [0.25, 0.3) is 33.0 Å². The van der Waals surface area contributed by atoms with Gasteiger partial charge in [-0.1, -0.05) is 43.0 Å². The van der Waals surface area contributed by atoms with Crippen molar-refractivity contribution in [2.75, 3.05) is 0 Å². The van der Waals surface area contributed by atoms with Crippen molar-refractivity contribution in [2.24, 2.45) is 12.9 Å². The Kier molecular flexibility index (Phi) is 3.17. The van der Waals surface area contributed by atoms with E-state index in [9.17, 15) is 4.79 Å². The van der Waals surface area contributed by atoms with Gasteiger partial charge in [-0.05, 0) is 12.1 Å². The normalized spacial score (nSPS) is 15.0. The van der Waals surface area contributed by atoms with Crippen molar-refractivity contribution in [2.45, 2.75) is 0 Å². The van der Waals surface area contributed by atoms with E-state index in [0.717, 1.165) is 38.0 Å². The fourth-order valence-corrected chi connectivity index (χ4v) is 3.87. The van der Waals surface area contributed by atoms with Gasteiger partial charge >= 0.3 is 0 Å². The lowest BCUT2D eigenvalue weighted by atomic mass is 9.95. The molecule has 5 heteroatoms. The highest BCUT2D eigenvalue weighted by Gasteiger charge is 2.36. The molecule has 0 spiro atoms. The van der Waals surface area contributed by atoms with Gasteiger partial charge in [0.1, 0.15) is 5.58 Å². The number of allylic oxidation sites excluding steroid dienone is 1. The number of hydrazine groups is 1. The number of fused-ring (bicyclic) bond motifs is 2. The minimum Gasteiger partial charge on any atom is -0.464 e. The molecule has 3 heterocycles. The molecule has 0 unspecified atom stereocenters. The minimum absolute atomic E-state index is 0.267. The second kappa shape index (κ2) is 5.46. The Labute approximate surface area is 155 Å². The summed E-state index contributed by atoms with van der Waals surface area (Å²) in [4.78, 5) is 13.1. The van der Waals surface area contributed by atoms with Crippen LogP contribution < -0.4 is 5.84 Å². The van der Waals surface area contributed by atoms with E-state index in [0.29, 0.717) is 16.8 Å². The largest absolute Gasteiger partial charge is 0.464 e. The maximum atomic E-state index is 13.1. The van der Waals surface area contributed by atoms with Gasteiger partial charge in [-0.2, -0.15) is 0 Å². The highest BCUT2D eigenvalue weighted by Crippen LogP contribution is 2.44. The second-order valence-corrected chi connectivity index (χ2v) is 6.69. The molecular formula is C22H17N3O2. The predicted octanol–water partition coefficient (Wildman–Crippen LogP) is 4.06. The molecule has 132 valence electrons. The lowest BCUT2D eigenvalue weighted by molar-refractivity contribution is -0.122. The summed E-state index contributed by atoms with van der Waals surface area (Å²) >= 11 is 0. The number of hydrogen-bond donors (Lipinski definition) is 1. The number of rotatable bonds is 2. The van der Waals surface area contributed by atoms with E-state index in [1.165, 1.54) is 0 Å². The molecule has 4 aromatic rings. The zero-order chi connectivity index (χ0) is 18.7. The van der Waals surface area contributed by atoms with E-state index in [-0.39, 0.29) is 5.91 Å². The number of benzene rings is 2. The molecule has 0 bridgehead atoms. The molecule has 0 aliphatic carbocycles. The number of amides is 1. The maximum Gasteiger partial charge on any atom is 0.273 e. The summed E-state index contributed by atoms with van der Waals surface area (Å²) in [6.07, 6.45) is 3.63. The van der Waals surface area contributed by atoms with Gasteiger partial charge < -0.3 is 8.98 Å². The van der Waals surface area contributed by atoms with Gasteiger partial charge in [0.25, 0.3) is 5.91 Å². The molecule has 5 nitrogen and oxygen atoms in total. The summed E-state index contributed by atoms with van der Waals surface area (Å²) in [7, 11) is 1.97. The minimum atomic E-state index is -0.267. The van der Waals surface area contributed by atoms with Crippen LogP contribution in [0.4, 0.5) is 0 Å². The van der Waals surface area contributed by atoms with Crippen molar-refractivity contribution in [3.8, 4) is 0 Å². The van der Waals surface area contributed by atoms with E-state index in [1.807, 2.05) is 66.3 Å². The van der Waals surface area contributed by atoms with Crippen molar-refractivity contribution in [3.63, 3.8) is 0 Å². The van der Waals surface area contributed by atoms with E-state index < -0.39 is 0 Å². The van der Waals surface area contributed by atoms with Gasteiger partial charge in [0.15, 0.2) is 0 Å². The first kappa shape index (κ1) is 15.7. The highest BCUT2D eigenvalue weighted by atomic mass is 16.3. The molecule has 1 aliphatic rings. The zero-order valence-corrected chi connectivity index (χ0v) is 14.8. The molecule has 27 heavy (non-hydrogen) atoms. The zero-order valence-electron chi connectivity index (χ0n) is 14.8. The van der Waals surface area contributed by atoms with Gasteiger partial charge in [-0.25, -0.2) is 10.9 Å². The van der Waals surface area contributed by atoms with Crippen LogP contribution in [0.2, 0.25) is 0 Å². The Morgan fingerprint density at radius 3 is 2.48 bits per heavy atom. The van der Waals surface area contributed by atoms with Crippen molar-refractivity contribution in [1.29, 1.82) is 0 Å². The highest BCUT2D eigenvalue weighted by molar-refractivity contribution is 6.36. The van der Waals surface area contributed by atoms with Gasteiger partial charge in [0.2, 0.25) is 0 Å². The van der Waals surface area contributed by atoms with Gasteiger partial charge in [-0.3, -0.25) is 4.79 Å². The summed E-state index contributed by atoms with van der Waals surface area (Å²) in [6.45, 7) is 4.07. The van der Waals surface area contributed by atoms with Gasteiger partial charge in [0, 0.05) is 46.2 Å². The van der Waals surface area contributed by atoms with Crippen LogP contribution in [0.3, 0.4) is 0 Å². The first-order valence-electron chi connectivity index (χ1n) is 8.61. The smallest absolute Gasteiger partial charge is 0.273 e. The molecule has 5 rings (SSSR count). The Hall–Kier alpha value is -3.57. The standard InChI is InChI=1S/C22H17N3O2/c1-13-20(17-12-27-19-10-6-4-8-15(17)19)21(22(26)25(13)23)16-11-24(2)18-9-5-3-7-14(16)18/h3-12H,1,23H2,2H3. The number of furan rings is 1. The molecule has 0 saturated heterocycles. The van der Waals surface area contributed by atoms with E-state index >= 15 is 0 Å². The number of para-hydroxylation sites is 2. The molecule has 2 aromatic carbocycles.